The van der Waals surface area contributed by atoms with Crippen LogP contribution in [0.2, 0.25) is 5.02 Å². The lowest BCUT2D eigenvalue weighted by atomic mass is 10.1. The summed E-state index contributed by atoms with van der Waals surface area (Å²) in [5.74, 6) is 1.34. The average molecular weight is 438 g/mol. The average Bonchev–Trinajstić information content (AvgIpc) is 3.52. The zero-order valence-electron chi connectivity index (χ0n) is 17.2. The number of anilines is 1. The van der Waals surface area contributed by atoms with Crippen LogP contribution in [0.25, 0.3) is 11.3 Å². The molecule has 0 bridgehead atoms. The molecule has 6 nitrogen and oxygen atoms in total. The van der Waals surface area contributed by atoms with E-state index in [-0.39, 0.29) is 30.2 Å². The number of aryl methyl sites for hydroxylation is 1. The molecule has 0 radical (unpaired) electrons. The minimum Gasteiger partial charge on any atom is -0.441 e. The normalized spacial score (nSPS) is 14.1. The van der Waals surface area contributed by atoms with Crippen molar-refractivity contribution in [3.05, 3.63) is 71.2 Å². The maximum atomic E-state index is 12.4. The quantitative estimate of drug-likeness (QED) is 0.510. The summed E-state index contributed by atoms with van der Waals surface area (Å²) in [5, 5.41) is 6.56. The van der Waals surface area contributed by atoms with E-state index < -0.39 is 0 Å². The SMILES string of the molecule is CC(NC(=O)CCc1ncc(-c2ccc(Cl)cc2)o1)c1ccc(NC(=O)C2CC2)cc1. The second-order valence-corrected chi connectivity index (χ2v) is 8.24. The van der Waals surface area contributed by atoms with Gasteiger partial charge in [-0.2, -0.15) is 0 Å². The third kappa shape index (κ3) is 5.73. The number of nitrogens with one attached hydrogen (secondary N) is 2. The zero-order valence-corrected chi connectivity index (χ0v) is 18.0. The molecule has 31 heavy (non-hydrogen) atoms. The van der Waals surface area contributed by atoms with Gasteiger partial charge in [-0.25, -0.2) is 4.98 Å². The molecule has 1 saturated carbocycles. The van der Waals surface area contributed by atoms with Crippen molar-refractivity contribution in [2.75, 3.05) is 5.32 Å². The summed E-state index contributed by atoms with van der Waals surface area (Å²) < 4.78 is 5.75. The molecule has 0 aliphatic heterocycles. The molecular weight excluding hydrogens is 414 g/mol. The van der Waals surface area contributed by atoms with E-state index in [0.29, 0.717) is 23.1 Å². The Morgan fingerprint density at radius 2 is 1.84 bits per heavy atom. The maximum Gasteiger partial charge on any atom is 0.227 e. The van der Waals surface area contributed by atoms with Crippen molar-refractivity contribution in [3.63, 3.8) is 0 Å². The van der Waals surface area contributed by atoms with Crippen molar-refractivity contribution in [1.82, 2.24) is 10.3 Å². The number of carbonyl (C=O) groups is 2. The molecule has 0 spiro atoms. The first-order valence-corrected chi connectivity index (χ1v) is 10.8. The second kappa shape index (κ2) is 9.35. The third-order valence-corrected chi connectivity index (χ3v) is 5.50. The molecule has 1 unspecified atom stereocenters. The summed E-state index contributed by atoms with van der Waals surface area (Å²) in [5.41, 5.74) is 2.64. The summed E-state index contributed by atoms with van der Waals surface area (Å²) in [6.45, 7) is 1.93. The van der Waals surface area contributed by atoms with Gasteiger partial charge in [0, 0.05) is 35.0 Å². The van der Waals surface area contributed by atoms with Crippen LogP contribution >= 0.6 is 11.6 Å². The van der Waals surface area contributed by atoms with Crippen LogP contribution in [0.3, 0.4) is 0 Å². The lowest BCUT2D eigenvalue weighted by molar-refractivity contribution is -0.121. The van der Waals surface area contributed by atoms with Gasteiger partial charge in [-0.1, -0.05) is 23.7 Å². The fourth-order valence-corrected chi connectivity index (χ4v) is 3.36. The molecule has 1 aliphatic carbocycles. The number of hydrogen-bond acceptors (Lipinski definition) is 4. The Morgan fingerprint density at radius 1 is 1.13 bits per heavy atom. The predicted octanol–water partition coefficient (Wildman–Crippen LogP) is 5.15. The van der Waals surface area contributed by atoms with E-state index in [1.54, 1.807) is 18.3 Å². The standard InChI is InChI=1S/C24H24ClN3O3/c1-15(16-6-10-20(11-7-16)28-24(30)18-2-3-18)27-22(29)12-13-23-26-14-21(31-23)17-4-8-19(25)9-5-17/h4-11,14-15,18H,2-3,12-13H2,1H3,(H,27,29)(H,28,30). The van der Waals surface area contributed by atoms with Crippen LogP contribution in [-0.4, -0.2) is 16.8 Å². The van der Waals surface area contributed by atoms with Gasteiger partial charge in [0.25, 0.3) is 0 Å². The second-order valence-electron chi connectivity index (χ2n) is 7.80. The van der Waals surface area contributed by atoms with Crippen molar-refractivity contribution in [2.24, 2.45) is 5.92 Å². The van der Waals surface area contributed by atoms with Crippen molar-refractivity contribution in [2.45, 2.75) is 38.6 Å². The fourth-order valence-electron chi connectivity index (χ4n) is 3.24. The molecule has 1 aliphatic rings. The maximum absolute atomic E-state index is 12.4. The van der Waals surface area contributed by atoms with Gasteiger partial charge in [-0.3, -0.25) is 9.59 Å². The number of halogens is 1. The molecule has 2 aromatic carbocycles. The van der Waals surface area contributed by atoms with Crippen LogP contribution in [-0.2, 0) is 16.0 Å². The van der Waals surface area contributed by atoms with Gasteiger partial charge in [-0.15, -0.1) is 0 Å². The highest BCUT2D eigenvalue weighted by Gasteiger charge is 2.29. The van der Waals surface area contributed by atoms with Gasteiger partial charge >= 0.3 is 0 Å². The Kier molecular flexibility index (Phi) is 6.37. The smallest absolute Gasteiger partial charge is 0.227 e. The van der Waals surface area contributed by atoms with Crippen LogP contribution in [0.15, 0.2) is 59.1 Å². The molecule has 1 heterocycles. The number of rotatable bonds is 8. The van der Waals surface area contributed by atoms with Gasteiger partial charge in [0.1, 0.15) is 0 Å². The van der Waals surface area contributed by atoms with E-state index in [1.165, 1.54) is 0 Å². The Labute approximate surface area is 186 Å². The highest BCUT2D eigenvalue weighted by molar-refractivity contribution is 6.30. The summed E-state index contributed by atoms with van der Waals surface area (Å²) in [4.78, 5) is 28.5. The minimum atomic E-state index is -0.144. The topological polar surface area (TPSA) is 84.2 Å². The highest BCUT2D eigenvalue weighted by atomic mass is 35.5. The van der Waals surface area contributed by atoms with Crippen molar-refractivity contribution < 1.29 is 14.0 Å². The van der Waals surface area contributed by atoms with Gasteiger partial charge in [0.15, 0.2) is 11.7 Å². The van der Waals surface area contributed by atoms with E-state index in [1.807, 2.05) is 43.3 Å². The Balaban J connectivity index is 1.25. The molecule has 160 valence electrons. The zero-order chi connectivity index (χ0) is 21.8. The summed E-state index contributed by atoms with van der Waals surface area (Å²) in [7, 11) is 0. The number of amides is 2. The highest BCUT2D eigenvalue weighted by Crippen LogP contribution is 2.30. The molecule has 4 rings (SSSR count). The van der Waals surface area contributed by atoms with E-state index in [9.17, 15) is 9.59 Å². The lowest BCUT2D eigenvalue weighted by Gasteiger charge is -2.15. The van der Waals surface area contributed by atoms with Crippen LogP contribution < -0.4 is 10.6 Å². The van der Waals surface area contributed by atoms with E-state index in [0.717, 1.165) is 29.7 Å². The molecule has 1 aromatic heterocycles. The minimum absolute atomic E-state index is 0.0788. The van der Waals surface area contributed by atoms with E-state index >= 15 is 0 Å². The van der Waals surface area contributed by atoms with Crippen molar-refractivity contribution in [3.8, 4) is 11.3 Å². The molecule has 2 amide bonds. The Hall–Kier alpha value is -3.12. The van der Waals surface area contributed by atoms with Crippen LogP contribution in [0, 0.1) is 5.92 Å². The van der Waals surface area contributed by atoms with E-state index in [4.69, 9.17) is 16.0 Å². The number of aromatic nitrogens is 1. The number of carbonyl (C=O) groups excluding carboxylic acids is 2. The van der Waals surface area contributed by atoms with Crippen molar-refractivity contribution >= 4 is 29.1 Å². The van der Waals surface area contributed by atoms with Crippen LogP contribution in [0.1, 0.15) is 43.7 Å². The van der Waals surface area contributed by atoms with Gasteiger partial charge < -0.3 is 15.1 Å². The largest absolute Gasteiger partial charge is 0.441 e. The van der Waals surface area contributed by atoms with Crippen LogP contribution in [0.5, 0.6) is 0 Å². The molecule has 2 N–H and O–H groups in total. The van der Waals surface area contributed by atoms with Gasteiger partial charge in [-0.05, 0) is 61.7 Å². The lowest BCUT2D eigenvalue weighted by Crippen LogP contribution is -2.26. The number of nitrogens with zero attached hydrogens (tertiary/aromatic N) is 1. The molecule has 7 heteroatoms. The summed E-state index contributed by atoms with van der Waals surface area (Å²) in [6.07, 6.45) is 4.30. The molecule has 1 atom stereocenters. The Bertz CT molecular complexity index is 1060. The number of hydrogen-bond donors (Lipinski definition) is 2. The monoisotopic (exact) mass is 437 g/mol. The molecular formula is C24H24ClN3O3. The molecule has 3 aromatic rings. The van der Waals surface area contributed by atoms with Crippen LogP contribution in [0.4, 0.5) is 5.69 Å². The fraction of sp³-hybridized carbons (Fsp3) is 0.292. The van der Waals surface area contributed by atoms with Crippen molar-refractivity contribution in [1.29, 1.82) is 0 Å². The first-order valence-electron chi connectivity index (χ1n) is 10.4. The third-order valence-electron chi connectivity index (χ3n) is 5.25. The first kappa shape index (κ1) is 21.1. The summed E-state index contributed by atoms with van der Waals surface area (Å²) in [6, 6.07) is 14.7. The first-order chi connectivity index (χ1) is 15.0. The summed E-state index contributed by atoms with van der Waals surface area (Å²) >= 11 is 5.91. The van der Waals surface area contributed by atoms with Gasteiger partial charge in [0.05, 0.1) is 12.2 Å². The molecule has 0 saturated heterocycles. The number of oxazole rings is 1. The Morgan fingerprint density at radius 3 is 2.52 bits per heavy atom. The number of benzene rings is 2. The molecule has 1 fully saturated rings. The van der Waals surface area contributed by atoms with E-state index in [2.05, 4.69) is 15.6 Å². The van der Waals surface area contributed by atoms with Gasteiger partial charge in [0.2, 0.25) is 11.8 Å². The predicted molar refractivity (Wildman–Crippen MR) is 120 cm³/mol.